The summed E-state index contributed by atoms with van der Waals surface area (Å²) in [6, 6.07) is 13.1. The van der Waals surface area contributed by atoms with Crippen molar-refractivity contribution >= 4 is 37.5 Å². The van der Waals surface area contributed by atoms with Gasteiger partial charge in [-0.25, -0.2) is 13.1 Å². The zero-order valence-electron chi connectivity index (χ0n) is 14.5. The van der Waals surface area contributed by atoms with E-state index in [1.165, 1.54) is 24.3 Å². The van der Waals surface area contributed by atoms with Crippen LogP contribution in [0.15, 0.2) is 57.9 Å². The maximum atomic E-state index is 12.2. The lowest BCUT2D eigenvalue weighted by molar-refractivity contribution is -0.118. The number of halogens is 1. The Morgan fingerprint density at radius 3 is 2.42 bits per heavy atom. The quantitative estimate of drug-likeness (QED) is 0.657. The molecule has 0 spiro atoms. The number of carbonyl (C=O) groups excluding carboxylic acids is 1. The number of carbonyl (C=O) groups is 1. The van der Waals surface area contributed by atoms with Gasteiger partial charge in [0.1, 0.15) is 5.75 Å². The van der Waals surface area contributed by atoms with Crippen molar-refractivity contribution in [3.8, 4) is 5.75 Å². The lowest BCUT2D eigenvalue weighted by Crippen LogP contribution is -2.31. The molecule has 1 atom stereocenters. The third-order valence-corrected chi connectivity index (χ3v) is 5.92. The zero-order chi connectivity index (χ0) is 19.2. The summed E-state index contributed by atoms with van der Waals surface area (Å²) in [6.45, 7) is 3.53. The first-order chi connectivity index (χ1) is 12.3. The highest BCUT2D eigenvalue weighted by Gasteiger charge is 2.16. The highest BCUT2D eigenvalue weighted by Crippen LogP contribution is 2.21. The third kappa shape index (κ3) is 5.82. The van der Waals surface area contributed by atoms with Crippen molar-refractivity contribution in [3.63, 3.8) is 0 Å². The maximum Gasteiger partial charge on any atom is 0.262 e. The Labute approximate surface area is 162 Å². The fraction of sp³-hybridized carbons (Fsp3) is 0.278. The minimum absolute atomic E-state index is 0.142. The first-order valence-corrected chi connectivity index (χ1v) is 10.4. The SMILES string of the molecule is CC[C@@H](C)NS(=O)(=O)c1ccc(OCC(=O)Nc2ccccc2Br)cc1. The van der Waals surface area contributed by atoms with Gasteiger partial charge in [-0.2, -0.15) is 0 Å². The molecule has 0 fully saturated rings. The van der Waals surface area contributed by atoms with Crippen LogP contribution in [0.2, 0.25) is 0 Å². The Morgan fingerprint density at radius 2 is 1.81 bits per heavy atom. The Morgan fingerprint density at radius 1 is 1.15 bits per heavy atom. The summed E-state index contributed by atoms with van der Waals surface area (Å²) in [5.74, 6) is 0.0989. The normalized spacial score (nSPS) is 12.4. The highest BCUT2D eigenvalue weighted by atomic mass is 79.9. The number of nitrogens with one attached hydrogen (secondary N) is 2. The lowest BCUT2D eigenvalue weighted by Gasteiger charge is -2.12. The smallest absolute Gasteiger partial charge is 0.262 e. The van der Waals surface area contributed by atoms with E-state index in [-0.39, 0.29) is 23.5 Å². The number of ether oxygens (including phenoxy) is 1. The summed E-state index contributed by atoms with van der Waals surface area (Å²) in [5.41, 5.74) is 0.652. The number of amides is 1. The molecule has 0 saturated heterocycles. The van der Waals surface area contributed by atoms with Crippen LogP contribution >= 0.6 is 15.9 Å². The summed E-state index contributed by atoms with van der Waals surface area (Å²) >= 11 is 3.35. The molecule has 0 aromatic heterocycles. The fourth-order valence-corrected chi connectivity index (χ4v) is 3.74. The molecule has 0 aliphatic carbocycles. The van der Waals surface area contributed by atoms with Gasteiger partial charge in [0, 0.05) is 10.5 Å². The molecular formula is C18H21BrN2O4S. The minimum Gasteiger partial charge on any atom is -0.484 e. The topological polar surface area (TPSA) is 84.5 Å². The monoisotopic (exact) mass is 440 g/mol. The van der Waals surface area contributed by atoms with E-state index in [9.17, 15) is 13.2 Å². The van der Waals surface area contributed by atoms with Gasteiger partial charge in [-0.3, -0.25) is 4.79 Å². The van der Waals surface area contributed by atoms with Crippen molar-refractivity contribution in [1.82, 2.24) is 4.72 Å². The number of para-hydroxylation sites is 1. The number of hydrogen-bond acceptors (Lipinski definition) is 4. The van der Waals surface area contributed by atoms with Crippen LogP contribution in [0.3, 0.4) is 0 Å². The van der Waals surface area contributed by atoms with Gasteiger partial charge in [0.05, 0.1) is 10.6 Å². The van der Waals surface area contributed by atoms with E-state index in [1.54, 1.807) is 13.0 Å². The van der Waals surface area contributed by atoms with Gasteiger partial charge in [-0.15, -0.1) is 0 Å². The van der Waals surface area contributed by atoms with Crippen molar-refractivity contribution in [2.24, 2.45) is 0 Å². The predicted octanol–water partition coefficient (Wildman–Crippen LogP) is 3.54. The molecule has 0 heterocycles. The molecule has 0 aliphatic heterocycles. The summed E-state index contributed by atoms with van der Waals surface area (Å²) in [6.07, 6.45) is 0.701. The summed E-state index contributed by atoms with van der Waals surface area (Å²) in [5, 5.41) is 2.73. The van der Waals surface area contributed by atoms with Crippen LogP contribution in [-0.2, 0) is 14.8 Å². The average Bonchev–Trinajstić information content (AvgIpc) is 2.62. The number of hydrogen-bond donors (Lipinski definition) is 2. The molecule has 2 N–H and O–H groups in total. The molecule has 26 heavy (non-hydrogen) atoms. The summed E-state index contributed by atoms with van der Waals surface area (Å²) in [7, 11) is -3.56. The van der Waals surface area contributed by atoms with Gasteiger partial charge in [0.25, 0.3) is 5.91 Å². The predicted molar refractivity (Wildman–Crippen MR) is 105 cm³/mol. The number of benzene rings is 2. The van der Waals surface area contributed by atoms with E-state index in [4.69, 9.17) is 4.74 Å². The van der Waals surface area contributed by atoms with Crippen molar-refractivity contribution in [2.75, 3.05) is 11.9 Å². The molecule has 1 amide bonds. The summed E-state index contributed by atoms with van der Waals surface area (Å²) < 4.78 is 33.2. The van der Waals surface area contributed by atoms with E-state index in [0.717, 1.165) is 4.47 Å². The molecule has 2 aromatic carbocycles. The molecule has 2 aromatic rings. The minimum atomic E-state index is -3.56. The molecule has 2 rings (SSSR count). The maximum absolute atomic E-state index is 12.2. The summed E-state index contributed by atoms with van der Waals surface area (Å²) in [4.78, 5) is 12.1. The second-order valence-electron chi connectivity index (χ2n) is 5.72. The van der Waals surface area contributed by atoms with Gasteiger partial charge in [-0.1, -0.05) is 19.1 Å². The number of anilines is 1. The van der Waals surface area contributed by atoms with Crippen molar-refractivity contribution in [3.05, 3.63) is 53.0 Å². The van der Waals surface area contributed by atoms with Gasteiger partial charge < -0.3 is 10.1 Å². The third-order valence-electron chi connectivity index (χ3n) is 3.62. The van der Waals surface area contributed by atoms with Crippen LogP contribution in [0.1, 0.15) is 20.3 Å². The highest BCUT2D eigenvalue weighted by molar-refractivity contribution is 9.10. The van der Waals surface area contributed by atoms with Gasteiger partial charge in [0.2, 0.25) is 10.0 Å². The number of sulfonamides is 1. The molecule has 0 saturated carbocycles. The lowest BCUT2D eigenvalue weighted by atomic mass is 10.3. The molecule has 8 heteroatoms. The van der Waals surface area contributed by atoms with Crippen LogP contribution in [0.25, 0.3) is 0 Å². The Balaban J connectivity index is 1.93. The Bertz CT molecular complexity index is 854. The second kappa shape index (κ2) is 9.16. The van der Waals surface area contributed by atoms with Crippen LogP contribution < -0.4 is 14.8 Å². The molecular weight excluding hydrogens is 420 g/mol. The first-order valence-electron chi connectivity index (χ1n) is 8.11. The molecule has 6 nitrogen and oxygen atoms in total. The zero-order valence-corrected chi connectivity index (χ0v) is 16.9. The molecule has 0 unspecified atom stereocenters. The van der Waals surface area contributed by atoms with Crippen LogP contribution in [0.4, 0.5) is 5.69 Å². The van der Waals surface area contributed by atoms with Crippen LogP contribution in [0.5, 0.6) is 5.75 Å². The van der Waals surface area contributed by atoms with E-state index in [0.29, 0.717) is 17.9 Å². The van der Waals surface area contributed by atoms with E-state index in [2.05, 4.69) is 26.0 Å². The van der Waals surface area contributed by atoms with E-state index >= 15 is 0 Å². The van der Waals surface area contributed by atoms with E-state index < -0.39 is 10.0 Å². The molecule has 0 bridgehead atoms. The van der Waals surface area contributed by atoms with Crippen LogP contribution in [-0.4, -0.2) is 27.0 Å². The molecule has 0 radical (unpaired) electrons. The first kappa shape index (κ1) is 20.4. The second-order valence-corrected chi connectivity index (χ2v) is 8.29. The van der Waals surface area contributed by atoms with Gasteiger partial charge in [-0.05, 0) is 65.7 Å². The van der Waals surface area contributed by atoms with Crippen molar-refractivity contribution < 1.29 is 17.9 Å². The molecule has 140 valence electrons. The fourth-order valence-electron chi connectivity index (χ4n) is 2.03. The Kier molecular flexibility index (Phi) is 7.19. The number of rotatable bonds is 8. The standard InChI is InChI=1S/C18H21BrN2O4S/c1-3-13(2)21-26(23,24)15-10-8-14(9-11-15)25-12-18(22)20-17-7-5-4-6-16(17)19/h4-11,13,21H,3,12H2,1-2H3,(H,20,22)/t13-/m1/s1. The Hall–Kier alpha value is -1.90. The van der Waals surface area contributed by atoms with Gasteiger partial charge >= 0.3 is 0 Å². The largest absolute Gasteiger partial charge is 0.484 e. The molecule has 0 aliphatic rings. The average molecular weight is 441 g/mol. The van der Waals surface area contributed by atoms with Crippen LogP contribution in [0, 0.1) is 0 Å². The van der Waals surface area contributed by atoms with E-state index in [1.807, 2.05) is 25.1 Å². The van der Waals surface area contributed by atoms with Crippen molar-refractivity contribution in [2.45, 2.75) is 31.2 Å². The van der Waals surface area contributed by atoms with Gasteiger partial charge in [0.15, 0.2) is 6.61 Å². The van der Waals surface area contributed by atoms with Crippen molar-refractivity contribution in [1.29, 1.82) is 0 Å².